The Bertz CT molecular complexity index is 568. The zero-order valence-electron chi connectivity index (χ0n) is 12.7. The first-order valence-corrected chi connectivity index (χ1v) is 7.70. The molecule has 0 bridgehead atoms. The Labute approximate surface area is 124 Å². The summed E-state index contributed by atoms with van der Waals surface area (Å²) in [4.78, 5) is 6.90. The van der Waals surface area contributed by atoms with E-state index in [1.165, 1.54) is 12.8 Å². The molecule has 1 aliphatic heterocycles. The molecule has 1 aliphatic rings. The Morgan fingerprint density at radius 1 is 1.43 bits per heavy atom. The number of rotatable bonds is 5. The van der Waals surface area contributed by atoms with Crippen molar-refractivity contribution in [1.29, 1.82) is 0 Å². The SMILES string of the molecule is CCc1occc1-c1nc(N2CCC(CNC)CC2)n[nH]1. The molecule has 6 nitrogen and oxygen atoms in total. The van der Waals surface area contributed by atoms with Gasteiger partial charge in [0.05, 0.1) is 11.8 Å². The van der Waals surface area contributed by atoms with E-state index in [-0.39, 0.29) is 0 Å². The van der Waals surface area contributed by atoms with Crippen molar-refractivity contribution in [1.82, 2.24) is 20.5 Å². The Kier molecular flexibility index (Phi) is 4.24. The van der Waals surface area contributed by atoms with Crippen molar-refractivity contribution in [2.75, 3.05) is 31.6 Å². The number of furan rings is 1. The van der Waals surface area contributed by atoms with Crippen LogP contribution in [-0.2, 0) is 6.42 Å². The van der Waals surface area contributed by atoms with Gasteiger partial charge in [0, 0.05) is 19.5 Å². The van der Waals surface area contributed by atoms with Gasteiger partial charge in [-0.1, -0.05) is 6.92 Å². The van der Waals surface area contributed by atoms with Gasteiger partial charge in [-0.05, 0) is 38.4 Å². The number of nitrogens with one attached hydrogen (secondary N) is 2. The van der Waals surface area contributed by atoms with Gasteiger partial charge in [0.2, 0.25) is 5.95 Å². The van der Waals surface area contributed by atoms with E-state index >= 15 is 0 Å². The second kappa shape index (κ2) is 6.30. The Hall–Kier alpha value is -1.82. The molecule has 21 heavy (non-hydrogen) atoms. The second-order valence-corrected chi connectivity index (χ2v) is 5.58. The maximum absolute atomic E-state index is 5.46. The zero-order chi connectivity index (χ0) is 14.7. The van der Waals surface area contributed by atoms with E-state index in [1.807, 2.05) is 13.1 Å². The molecule has 3 heterocycles. The monoisotopic (exact) mass is 289 g/mol. The molecule has 0 atom stereocenters. The van der Waals surface area contributed by atoms with Gasteiger partial charge in [0.15, 0.2) is 5.82 Å². The molecule has 0 amide bonds. The number of aromatic amines is 1. The summed E-state index contributed by atoms with van der Waals surface area (Å²) in [6.45, 7) is 5.22. The molecule has 1 fully saturated rings. The number of piperidine rings is 1. The van der Waals surface area contributed by atoms with E-state index in [0.29, 0.717) is 0 Å². The van der Waals surface area contributed by atoms with Crippen molar-refractivity contribution >= 4 is 5.95 Å². The fraction of sp³-hybridized carbons (Fsp3) is 0.600. The molecule has 3 rings (SSSR count). The van der Waals surface area contributed by atoms with Crippen LogP contribution in [0.3, 0.4) is 0 Å². The summed E-state index contributed by atoms with van der Waals surface area (Å²) in [5.74, 6) is 3.32. The number of H-pyrrole nitrogens is 1. The van der Waals surface area contributed by atoms with E-state index in [0.717, 1.165) is 55.1 Å². The summed E-state index contributed by atoms with van der Waals surface area (Å²) < 4.78 is 5.46. The fourth-order valence-corrected chi connectivity index (χ4v) is 2.97. The molecule has 2 aromatic rings. The van der Waals surface area contributed by atoms with Crippen molar-refractivity contribution in [2.45, 2.75) is 26.2 Å². The van der Waals surface area contributed by atoms with Gasteiger partial charge in [-0.3, -0.25) is 5.10 Å². The predicted molar refractivity (Wildman–Crippen MR) is 82.3 cm³/mol. The van der Waals surface area contributed by atoms with Gasteiger partial charge in [0.1, 0.15) is 5.76 Å². The molecule has 0 aliphatic carbocycles. The Balaban J connectivity index is 1.69. The van der Waals surface area contributed by atoms with E-state index in [1.54, 1.807) is 6.26 Å². The molecule has 0 saturated carbocycles. The maximum Gasteiger partial charge on any atom is 0.245 e. The summed E-state index contributed by atoms with van der Waals surface area (Å²) >= 11 is 0. The van der Waals surface area contributed by atoms with Crippen LogP contribution in [0.5, 0.6) is 0 Å². The minimum absolute atomic E-state index is 0.769. The van der Waals surface area contributed by atoms with Crippen LogP contribution in [0.15, 0.2) is 16.7 Å². The lowest BCUT2D eigenvalue weighted by molar-refractivity contribution is 0.391. The standard InChI is InChI=1S/C15H23N5O/c1-3-13-12(6-9-21-13)14-17-15(19-18-14)20-7-4-11(5-8-20)10-16-2/h6,9,11,16H,3-5,7-8,10H2,1-2H3,(H,17,18,19). The van der Waals surface area contributed by atoms with Crippen molar-refractivity contribution in [3.63, 3.8) is 0 Å². The molecule has 2 aromatic heterocycles. The van der Waals surface area contributed by atoms with E-state index in [9.17, 15) is 0 Å². The van der Waals surface area contributed by atoms with Crippen LogP contribution in [0, 0.1) is 5.92 Å². The van der Waals surface area contributed by atoms with Gasteiger partial charge in [-0.15, -0.1) is 5.10 Å². The third kappa shape index (κ3) is 2.95. The normalized spacial score (nSPS) is 16.6. The van der Waals surface area contributed by atoms with Crippen LogP contribution >= 0.6 is 0 Å². The lowest BCUT2D eigenvalue weighted by atomic mass is 9.97. The lowest BCUT2D eigenvalue weighted by Gasteiger charge is -2.30. The summed E-state index contributed by atoms with van der Waals surface area (Å²) in [5.41, 5.74) is 1.02. The summed E-state index contributed by atoms with van der Waals surface area (Å²) in [6.07, 6.45) is 4.95. The quantitative estimate of drug-likeness (QED) is 0.881. The molecule has 114 valence electrons. The molecule has 0 spiro atoms. The first-order valence-electron chi connectivity index (χ1n) is 7.70. The predicted octanol–water partition coefficient (Wildman–Crippen LogP) is 2.06. The number of hydrogen-bond donors (Lipinski definition) is 2. The molecule has 6 heteroatoms. The molecule has 0 unspecified atom stereocenters. The van der Waals surface area contributed by atoms with Crippen LogP contribution < -0.4 is 10.2 Å². The van der Waals surface area contributed by atoms with Gasteiger partial charge >= 0.3 is 0 Å². The minimum Gasteiger partial charge on any atom is -0.469 e. The van der Waals surface area contributed by atoms with E-state index in [4.69, 9.17) is 4.42 Å². The van der Waals surface area contributed by atoms with Crippen molar-refractivity contribution in [3.8, 4) is 11.4 Å². The largest absolute Gasteiger partial charge is 0.469 e. The molecular weight excluding hydrogens is 266 g/mol. The molecule has 1 saturated heterocycles. The smallest absolute Gasteiger partial charge is 0.245 e. The average Bonchev–Trinajstić information content (AvgIpc) is 3.17. The van der Waals surface area contributed by atoms with Gasteiger partial charge in [-0.2, -0.15) is 4.98 Å². The van der Waals surface area contributed by atoms with Crippen LogP contribution in [0.4, 0.5) is 5.95 Å². The Morgan fingerprint density at radius 2 is 2.24 bits per heavy atom. The van der Waals surface area contributed by atoms with Crippen LogP contribution in [0.2, 0.25) is 0 Å². The van der Waals surface area contributed by atoms with E-state index < -0.39 is 0 Å². The third-order valence-corrected chi connectivity index (χ3v) is 4.19. The first-order chi connectivity index (χ1) is 10.3. The highest BCUT2D eigenvalue weighted by Crippen LogP contribution is 2.25. The van der Waals surface area contributed by atoms with Crippen LogP contribution in [0.25, 0.3) is 11.4 Å². The number of aromatic nitrogens is 3. The molecule has 0 aromatic carbocycles. The fourth-order valence-electron chi connectivity index (χ4n) is 2.97. The van der Waals surface area contributed by atoms with Crippen molar-refractivity contribution < 1.29 is 4.42 Å². The highest BCUT2D eigenvalue weighted by atomic mass is 16.3. The van der Waals surface area contributed by atoms with Gasteiger partial charge in [0.25, 0.3) is 0 Å². The number of hydrogen-bond acceptors (Lipinski definition) is 5. The van der Waals surface area contributed by atoms with Crippen molar-refractivity contribution in [2.24, 2.45) is 5.92 Å². The summed E-state index contributed by atoms with van der Waals surface area (Å²) in [7, 11) is 2.02. The number of aryl methyl sites for hydroxylation is 1. The average molecular weight is 289 g/mol. The molecule has 0 radical (unpaired) electrons. The highest BCUT2D eigenvalue weighted by Gasteiger charge is 2.22. The van der Waals surface area contributed by atoms with Gasteiger partial charge in [-0.25, -0.2) is 0 Å². The number of anilines is 1. The molecule has 2 N–H and O–H groups in total. The molecular formula is C15H23N5O. The highest BCUT2D eigenvalue weighted by molar-refractivity contribution is 5.58. The minimum atomic E-state index is 0.769. The zero-order valence-corrected chi connectivity index (χ0v) is 12.7. The van der Waals surface area contributed by atoms with Gasteiger partial charge < -0.3 is 14.6 Å². The maximum atomic E-state index is 5.46. The first kappa shape index (κ1) is 14.1. The van der Waals surface area contributed by atoms with E-state index in [2.05, 4.69) is 32.3 Å². The number of nitrogens with zero attached hydrogens (tertiary/aromatic N) is 3. The topological polar surface area (TPSA) is 70.0 Å². The summed E-state index contributed by atoms with van der Waals surface area (Å²) in [6, 6.07) is 1.95. The second-order valence-electron chi connectivity index (χ2n) is 5.58. The van der Waals surface area contributed by atoms with Crippen molar-refractivity contribution in [3.05, 3.63) is 18.1 Å². The van der Waals surface area contributed by atoms with Crippen LogP contribution in [-0.4, -0.2) is 41.9 Å². The Morgan fingerprint density at radius 3 is 2.95 bits per heavy atom. The lowest BCUT2D eigenvalue weighted by Crippen LogP contribution is -2.37. The van der Waals surface area contributed by atoms with Crippen LogP contribution in [0.1, 0.15) is 25.5 Å². The third-order valence-electron chi connectivity index (χ3n) is 4.19. The summed E-state index contributed by atoms with van der Waals surface area (Å²) in [5, 5.41) is 10.7.